The third-order valence-corrected chi connectivity index (χ3v) is 5.10. The molecule has 5 nitrogen and oxygen atoms in total. The minimum Gasteiger partial charge on any atom is -0.326 e. The number of amides is 2. The number of hydrogen-bond donors (Lipinski definition) is 2. The number of hydrogen-bond acceptors (Lipinski definition) is 2. The maximum absolute atomic E-state index is 12.9. The van der Waals surface area contributed by atoms with Crippen LogP contribution in [0.3, 0.4) is 0 Å². The van der Waals surface area contributed by atoms with Crippen LogP contribution in [-0.4, -0.2) is 16.4 Å². The summed E-state index contributed by atoms with van der Waals surface area (Å²) < 4.78 is 3.06. The van der Waals surface area contributed by atoms with Crippen molar-refractivity contribution in [1.29, 1.82) is 0 Å². The first-order valence-corrected chi connectivity index (χ1v) is 9.70. The number of aromatic nitrogens is 1. The van der Waals surface area contributed by atoms with Gasteiger partial charge in [-0.15, -0.1) is 0 Å². The lowest BCUT2D eigenvalue weighted by molar-refractivity contribution is -0.114. The topological polar surface area (TPSA) is 63.1 Å². The summed E-state index contributed by atoms with van der Waals surface area (Å²) in [4.78, 5) is 24.2. The lowest BCUT2D eigenvalue weighted by Crippen LogP contribution is -2.14. The largest absolute Gasteiger partial charge is 0.326 e. The van der Waals surface area contributed by atoms with Gasteiger partial charge in [-0.05, 0) is 68.8 Å². The summed E-state index contributed by atoms with van der Waals surface area (Å²) >= 11 is 3.45. The summed E-state index contributed by atoms with van der Waals surface area (Å²) in [6.45, 7) is 7.28. The normalized spacial score (nSPS) is 10.6. The van der Waals surface area contributed by atoms with Gasteiger partial charge in [0.15, 0.2) is 0 Å². The fourth-order valence-electron chi connectivity index (χ4n) is 3.20. The van der Waals surface area contributed by atoms with E-state index in [0.717, 1.165) is 27.1 Å². The first-order chi connectivity index (χ1) is 13.3. The predicted octanol–water partition coefficient (Wildman–Crippen LogP) is 5.38. The molecule has 1 aromatic heterocycles. The van der Waals surface area contributed by atoms with E-state index in [1.807, 2.05) is 63.2 Å². The maximum atomic E-state index is 12.9. The van der Waals surface area contributed by atoms with E-state index in [9.17, 15) is 9.59 Å². The Kier molecular flexibility index (Phi) is 5.70. The average molecular weight is 440 g/mol. The molecule has 0 radical (unpaired) electrons. The number of halogens is 1. The molecule has 0 unspecified atom stereocenters. The number of benzene rings is 2. The van der Waals surface area contributed by atoms with Crippen molar-refractivity contribution in [2.75, 3.05) is 10.6 Å². The van der Waals surface area contributed by atoms with Crippen molar-refractivity contribution in [3.05, 3.63) is 75.5 Å². The Morgan fingerprint density at radius 3 is 2.25 bits per heavy atom. The molecule has 28 heavy (non-hydrogen) atoms. The molecule has 0 aliphatic rings. The van der Waals surface area contributed by atoms with Gasteiger partial charge in [0.2, 0.25) is 5.91 Å². The summed E-state index contributed by atoms with van der Waals surface area (Å²) in [5.74, 6) is -0.335. The third kappa shape index (κ3) is 4.17. The van der Waals surface area contributed by atoms with Crippen molar-refractivity contribution >= 4 is 39.1 Å². The summed E-state index contributed by atoms with van der Waals surface area (Å²) in [6.07, 6.45) is 0. The second kappa shape index (κ2) is 8.02. The first-order valence-electron chi connectivity index (χ1n) is 8.90. The van der Waals surface area contributed by atoms with Gasteiger partial charge in [0.25, 0.3) is 5.91 Å². The van der Waals surface area contributed by atoms with Crippen LogP contribution in [0, 0.1) is 20.8 Å². The van der Waals surface area contributed by atoms with Crippen LogP contribution in [0.25, 0.3) is 5.69 Å². The van der Waals surface area contributed by atoms with Crippen molar-refractivity contribution in [3.8, 4) is 5.69 Å². The van der Waals surface area contributed by atoms with Crippen molar-refractivity contribution in [3.63, 3.8) is 0 Å². The lowest BCUT2D eigenvalue weighted by atomic mass is 10.1. The molecule has 6 heteroatoms. The predicted molar refractivity (Wildman–Crippen MR) is 116 cm³/mol. The summed E-state index contributed by atoms with van der Waals surface area (Å²) in [7, 11) is 0. The van der Waals surface area contributed by atoms with Crippen molar-refractivity contribution in [2.24, 2.45) is 0 Å². The van der Waals surface area contributed by atoms with Crippen LogP contribution in [0.1, 0.15) is 34.2 Å². The summed E-state index contributed by atoms with van der Waals surface area (Å²) in [5.41, 5.74) is 5.71. The SMILES string of the molecule is CC(=O)Nc1cc(NC(=O)c2cc(C)n(-c3ccc(Br)cc3)c2C)ccc1C. The Bertz CT molecular complexity index is 1050. The molecule has 2 N–H and O–H groups in total. The minimum atomic E-state index is -0.186. The summed E-state index contributed by atoms with van der Waals surface area (Å²) in [6, 6.07) is 15.3. The second-order valence-electron chi connectivity index (χ2n) is 6.76. The standard InChI is InChI=1S/C22H22BrN3O2/c1-13-5-8-18(12-21(13)24-16(4)27)25-22(28)20-11-14(2)26(15(20)3)19-9-6-17(23)7-10-19/h5-12H,1-4H3,(H,24,27)(H,25,28). The number of anilines is 2. The van der Waals surface area contributed by atoms with Gasteiger partial charge in [-0.1, -0.05) is 22.0 Å². The summed E-state index contributed by atoms with van der Waals surface area (Å²) in [5, 5.41) is 5.71. The Balaban J connectivity index is 1.89. The molecule has 3 aromatic rings. The van der Waals surface area contributed by atoms with E-state index in [1.165, 1.54) is 6.92 Å². The number of rotatable bonds is 4. The van der Waals surface area contributed by atoms with Crippen LogP contribution in [0.2, 0.25) is 0 Å². The first kappa shape index (κ1) is 19.9. The zero-order valence-electron chi connectivity index (χ0n) is 16.3. The second-order valence-corrected chi connectivity index (χ2v) is 7.68. The number of aryl methyl sites for hydroxylation is 2. The molecule has 0 saturated carbocycles. The van der Waals surface area contributed by atoms with Crippen LogP contribution < -0.4 is 10.6 Å². The van der Waals surface area contributed by atoms with Crippen molar-refractivity contribution in [2.45, 2.75) is 27.7 Å². The van der Waals surface area contributed by atoms with Gasteiger partial charge in [-0.3, -0.25) is 9.59 Å². The highest BCUT2D eigenvalue weighted by molar-refractivity contribution is 9.10. The zero-order chi connectivity index (χ0) is 20.4. The molecular formula is C22H22BrN3O2. The maximum Gasteiger partial charge on any atom is 0.257 e. The highest BCUT2D eigenvalue weighted by atomic mass is 79.9. The van der Waals surface area contributed by atoms with Gasteiger partial charge < -0.3 is 15.2 Å². The van der Waals surface area contributed by atoms with Crippen LogP contribution in [0.15, 0.2) is 53.0 Å². The molecule has 144 valence electrons. The van der Waals surface area contributed by atoms with E-state index in [-0.39, 0.29) is 11.8 Å². The quantitative estimate of drug-likeness (QED) is 0.573. The van der Waals surface area contributed by atoms with Gasteiger partial charge in [-0.2, -0.15) is 0 Å². The van der Waals surface area contributed by atoms with Gasteiger partial charge in [0, 0.05) is 39.8 Å². The van der Waals surface area contributed by atoms with Crippen LogP contribution in [0.4, 0.5) is 11.4 Å². The Hall–Kier alpha value is -2.86. The van der Waals surface area contributed by atoms with Gasteiger partial charge in [0.05, 0.1) is 5.56 Å². The van der Waals surface area contributed by atoms with Crippen LogP contribution >= 0.6 is 15.9 Å². The molecular weight excluding hydrogens is 418 g/mol. The molecule has 3 rings (SSSR count). The molecule has 1 heterocycles. The van der Waals surface area contributed by atoms with Gasteiger partial charge in [-0.25, -0.2) is 0 Å². The van der Waals surface area contributed by atoms with Gasteiger partial charge in [0.1, 0.15) is 0 Å². The molecule has 2 aromatic carbocycles. The number of nitrogens with zero attached hydrogens (tertiary/aromatic N) is 1. The van der Waals surface area contributed by atoms with E-state index >= 15 is 0 Å². The Morgan fingerprint density at radius 1 is 0.929 bits per heavy atom. The molecule has 0 atom stereocenters. The Labute approximate surface area is 172 Å². The number of carbonyl (C=O) groups excluding carboxylic acids is 2. The fourth-order valence-corrected chi connectivity index (χ4v) is 3.47. The molecule has 2 amide bonds. The third-order valence-electron chi connectivity index (χ3n) is 4.57. The van der Waals surface area contributed by atoms with Crippen LogP contribution in [-0.2, 0) is 4.79 Å². The monoisotopic (exact) mass is 439 g/mol. The van der Waals surface area contributed by atoms with E-state index in [4.69, 9.17) is 0 Å². The molecule has 0 aliphatic heterocycles. The molecule has 0 bridgehead atoms. The van der Waals surface area contributed by atoms with E-state index in [1.54, 1.807) is 6.07 Å². The highest BCUT2D eigenvalue weighted by Crippen LogP contribution is 2.25. The number of carbonyl (C=O) groups is 2. The smallest absolute Gasteiger partial charge is 0.257 e. The molecule has 0 saturated heterocycles. The lowest BCUT2D eigenvalue weighted by Gasteiger charge is -2.12. The Morgan fingerprint density at radius 2 is 1.61 bits per heavy atom. The molecule has 0 fully saturated rings. The van der Waals surface area contributed by atoms with E-state index in [0.29, 0.717) is 16.9 Å². The van der Waals surface area contributed by atoms with Crippen LogP contribution in [0.5, 0.6) is 0 Å². The highest BCUT2D eigenvalue weighted by Gasteiger charge is 2.17. The van der Waals surface area contributed by atoms with Crippen molar-refractivity contribution < 1.29 is 9.59 Å². The number of nitrogens with one attached hydrogen (secondary N) is 2. The van der Waals surface area contributed by atoms with Gasteiger partial charge >= 0.3 is 0 Å². The minimum absolute atomic E-state index is 0.149. The fraction of sp³-hybridized carbons (Fsp3) is 0.182. The molecule has 0 spiro atoms. The zero-order valence-corrected chi connectivity index (χ0v) is 17.8. The average Bonchev–Trinajstić information content (AvgIpc) is 2.93. The van der Waals surface area contributed by atoms with Crippen molar-refractivity contribution in [1.82, 2.24) is 4.57 Å². The van der Waals surface area contributed by atoms with E-state index in [2.05, 4.69) is 31.1 Å². The van der Waals surface area contributed by atoms with E-state index < -0.39 is 0 Å². The molecule has 0 aliphatic carbocycles.